The Morgan fingerprint density at radius 3 is 2.89 bits per heavy atom. The quantitative estimate of drug-likeness (QED) is 0.573. The minimum Gasteiger partial charge on any atom is -0.486 e. The SMILES string of the molecule is Cc1cccc(OCC(=O)C2CSc3sc4cc(Cl)ccc4c(=O)c32)c1C. The van der Waals surface area contributed by atoms with E-state index in [1.54, 1.807) is 23.9 Å². The molecule has 0 saturated heterocycles. The van der Waals surface area contributed by atoms with Crippen LogP contribution in [0.4, 0.5) is 0 Å². The van der Waals surface area contributed by atoms with Gasteiger partial charge in [-0.25, -0.2) is 0 Å². The van der Waals surface area contributed by atoms with Crippen molar-refractivity contribution in [2.75, 3.05) is 12.4 Å². The molecule has 0 amide bonds. The number of rotatable bonds is 4. The molecule has 0 radical (unpaired) electrons. The van der Waals surface area contributed by atoms with Crippen LogP contribution in [0.2, 0.25) is 5.02 Å². The zero-order chi connectivity index (χ0) is 19.1. The van der Waals surface area contributed by atoms with Crippen molar-refractivity contribution in [3.05, 3.63) is 68.3 Å². The summed E-state index contributed by atoms with van der Waals surface area (Å²) in [6.45, 7) is 3.96. The van der Waals surface area contributed by atoms with E-state index in [9.17, 15) is 9.59 Å². The molecule has 0 bridgehead atoms. The number of ether oxygens (including phenoxy) is 1. The molecular formula is C21H17ClO3S2. The predicted molar refractivity (Wildman–Crippen MR) is 113 cm³/mol. The molecule has 2 aromatic carbocycles. The van der Waals surface area contributed by atoms with Gasteiger partial charge in [0, 0.05) is 26.4 Å². The second kappa shape index (κ2) is 7.30. The van der Waals surface area contributed by atoms with Crippen molar-refractivity contribution in [3.63, 3.8) is 0 Å². The van der Waals surface area contributed by atoms with Crippen LogP contribution in [0.15, 0.2) is 45.4 Å². The molecular weight excluding hydrogens is 400 g/mol. The number of thioether (sulfide) groups is 1. The standard InChI is InChI=1S/C21H17ClO3S2/c1-11-4-3-5-17(12(11)2)25-9-16(23)15-10-26-21-19(15)20(24)14-7-6-13(22)8-18(14)27-21/h3-8,15H,9-10H2,1-2H3. The second-order valence-electron chi connectivity index (χ2n) is 6.59. The number of carbonyl (C=O) groups excluding carboxylic acids is 1. The highest BCUT2D eigenvalue weighted by Gasteiger charge is 2.33. The van der Waals surface area contributed by atoms with Gasteiger partial charge in [0.15, 0.2) is 11.2 Å². The molecule has 4 rings (SSSR count). The monoisotopic (exact) mass is 416 g/mol. The van der Waals surface area contributed by atoms with Crippen molar-refractivity contribution in [1.29, 1.82) is 0 Å². The molecule has 0 fully saturated rings. The second-order valence-corrected chi connectivity index (χ2v) is 9.37. The summed E-state index contributed by atoms with van der Waals surface area (Å²) >= 11 is 9.15. The van der Waals surface area contributed by atoms with E-state index in [2.05, 4.69) is 0 Å². The van der Waals surface area contributed by atoms with E-state index < -0.39 is 5.92 Å². The first kappa shape index (κ1) is 18.5. The number of halogens is 1. The maximum absolute atomic E-state index is 13.0. The van der Waals surface area contributed by atoms with Gasteiger partial charge >= 0.3 is 0 Å². The number of benzene rings is 2. The zero-order valence-corrected chi connectivity index (χ0v) is 17.3. The summed E-state index contributed by atoms with van der Waals surface area (Å²) in [5.74, 6) is 0.825. The maximum Gasteiger partial charge on any atom is 0.193 e. The van der Waals surface area contributed by atoms with E-state index in [-0.39, 0.29) is 17.8 Å². The van der Waals surface area contributed by atoms with Crippen molar-refractivity contribution < 1.29 is 9.53 Å². The number of ketones is 1. The van der Waals surface area contributed by atoms with Gasteiger partial charge in [0.05, 0.1) is 10.1 Å². The highest BCUT2D eigenvalue weighted by molar-refractivity contribution is 8.01. The van der Waals surface area contributed by atoms with Gasteiger partial charge in [0.25, 0.3) is 0 Å². The first-order valence-electron chi connectivity index (χ1n) is 8.56. The van der Waals surface area contributed by atoms with Gasteiger partial charge in [-0.1, -0.05) is 23.7 Å². The number of hydrogen-bond acceptors (Lipinski definition) is 5. The molecule has 1 atom stereocenters. The lowest BCUT2D eigenvalue weighted by atomic mass is 9.98. The highest BCUT2D eigenvalue weighted by Crippen LogP contribution is 2.43. The van der Waals surface area contributed by atoms with Crippen LogP contribution in [-0.4, -0.2) is 18.1 Å². The van der Waals surface area contributed by atoms with Crippen molar-refractivity contribution in [2.45, 2.75) is 24.0 Å². The summed E-state index contributed by atoms with van der Waals surface area (Å²) in [7, 11) is 0. The Morgan fingerprint density at radius 1 is 1.26 bits per heavy atom. The number of carbonyl (C=O) groups is 1. The van der Waals surface area contributed by atoms with Gasteiger partial charge < -0.3 is 4.74 Å². The number of aryl methyl sites for hydroxylation is 1. The number of fused-ring (bicyclic) bond motifs is 2. The first-order valence-corrected chi connectivity index (χ1v) is 10.7. The molecule has 0 N–H and O–H groups in total. The summed E-state index contributed by atoms with van der Waals surface area (Å²) in [5, 5.41) is 1.23. The Hall–Kier alpha value is -1.82. The van der Waals surface area contributed by atoms with E-state index in [0.717, 1.165) is 20.0 Å². The van der Waals surface area contributed by atoms with Crippen molar-refractivity contribution in [2.24, 2.45) is 0 Å². The van der Waals surface area contributed by atoms with Crippen LogP contribution >= 0.6 is 34.7 Å². The van der Waals surface area contributed by atoms with E-state index in [4.69, 9.17) is 16.3 Å². The third-order valence-corrected chi connectivity index (χ3v) is 7.68. The lowest BCUT2D eigenvalue weighted by molar-refractivity contribution is -0.122. The van der Waals surface area contributed by atoms with Gasteiger partial charge in [-0.15, -0.1) is 23.1 Å². The molecule has 0 aliphatic carbocycles. The van der Waals surface area contributed by atoms with E-state index in [0.29, 0.717) is 27.5 Å². The third kappa shape index (κ3) is 3.40. The molecule has 138 valence electrons. The molecule has 3 nitrogen and oxygen atoms in total. The largest absolute Gasteiger partial charge is 0.486 e. The molecule has 3 aromatic rings. The summed E-state index contributed by atoms with van der Waals surface area (Å²) in [5.41, 5.74) is 2.71. The van der Waals surface area contributed by atoms with E-state index >= 15 is 0 Å². The van der Waals surface area contributed by atoms with Gasteiger partial charge in [0.1, 0.15) is 12.4 Å². The van der Waals surface area contributed by atoms with Gasteiger partial charge in [-0.2, -0.15) is 0 Å². The van der Waals surface area contributed by atoms with Crippen LogP contribution in [0, 0.1) is 13.8 Å². The minimum absolute atomic E-state index is 0.0300. The fourth-order valence-electron chi connectivity index (χ4n) is 3.19. The molecule has 0 spiro atoms. The van der Waals surface area contributed by atoms with Gasteiger partial charge in [-0.05, 0) is 49.2 Å². The Morgan fingerprint density at radius 2 is 2.07 bits per heavy atom. The average molecular weight is 417 g/mol. The fraction of sp³-hybridized carbons (Fsp3) is 0.238. The summed E-state index contributed by atoms with van der Waals surface area (Å²) < 4.78 is 7.55. The Balaban J connectivity index is 1.62. The predicted octanol–water partition coefficient (Wildman–Crippen LogP) is 5.37. The van der Waals surface area contributed by atoms with Crippen LogP contribution < -0.4 is 10.2 Å². The Bertz CT molecular complexity index is 1120. The van der Waals surface area contributed by atoms with Crippen LogP contribution in [0.3, 0.4) is 0 Å². The third-order valence-electron chi connectivity index (χ3n) is 4.90. The molecule has 1 aliphatic heterocycles. The van der Waals surface area contributed by atoms with E-state index in [1.807, 2.05) is 38.1 Å². The fourth-order valence-corrected chi connectivity index (χ4v) is 6.20. The molecule has 1 aliphatic rings. The molecule has 1 aromatic heterocycles. The minimum atomic E-state index is -0.418. The van der Waals surface area contributed by atoms with Crippen molar-refractivity contribution in [1.82, 2.24) is 0 Å². The number of Topliss-reactive ketones (excluding diaryl/α,β-unsaturated/α-hetero) is 1. The number of hydrogen-bond donors (Lipinski definition) is 0. The Kier molecular flexibility index (Phi) is 5.01. The van der Waals surface area contributed by atoms with Gasteiger partial charge in [-0.3, -0.25) is 9.59 Å². The zero-order valence-electron chi connectivity index (χ0n) is 14.9. The maximum atomic E-state index is 13.0. The molecule has 6 heteroatoms. The van der Waals surface area contributed by atoms with Crippen molar-refractivity contribution >= 4 is 50.6 Å². The van der Waals surface area contributed by atoms with Crippen LogP contribution in [0.5, 0.6) is 5.75 Å². The molecule has 0 saturated carbocycles. The highest BCUT2D eigenvalue weighted by atomic mass is 35.5. The summed E-state index contributed by atoms with van der Waals surface area (Å²) in [4.78, 5) is 25.8. The topological polar surface area (TPSA) is 43.4 Å². The van der Waals surface area contributed by atoms with Gasteiger partial charge in [0.2, 0.25) is 0 Å². The summed E-state index contributed by atoms with van der Waals surface area (Å²) in [6.07, 6.45) is 0. The summed E-state index contributed by atoms with van der Waals surface area (Å²) in [6, 6.07) is 11.1. The van der Waals surface area contributed by atoms with Crippen LogP contribution in [0.25, 0.3) is 10.1 Å². The average Bonchev–Trinajstić information content (AvgIpc) is 3.07. The smallest absolute Gasteiger partial charge is 0.193 e. The lowest BCUT2D eigenvalue weighted by Gasteiger charge is -2.13. The van der Waals surface area contributed by atoms with E-state index in [1.165, 1.54) is 11.3 Å². The lowest BCUT2D eigenvalue weighted by Crippen LogP contribution is -2.24. The normalized spacial score (nSPS) is 15.7. The van der Waals surface area contributed by atoms with Crippen molar-refractivity contribution in [3.8, 4) is 5.75 Å². The first-order chi connectivity index (χ1) is 13.0. The Labute approximate surface area is 170 Å². The molecule has 1 unspecified atom stereocenters. The molecule has 27 heavy (non-hydrogen) atoms. The van der Waals surface area contributed by atoms with Crippen LogP contribution in [-0.2, 0) is 4.79 Å². The van der Waals surface area contributed by atoms with Crippen LogP contribution in [0.1, 0.15) is 22.6 Å². The molecule has 2 heterocycles.